The molecule has 0 aliphatic heterocycles. The van der Waals surface area contributed by atoms with Crippen LogP contribution in [0.1, 0.15) is 5.56 Å². The van der Waals surface area contributed by atoms with E-state index in [9.17, 15) is 0 Å². The van der Waals surface area contributed by atoms with Crippen LogP contribution in [0, 0.1) is 6.92 Å². The van der Waals surface area contributed by atoms with Crippen LogP contribution in [0.4, 0.5) is 0 Å². The zero-order valence-electron chi connectivity index (χ0n) is 6.71. The molecule has 12 heavy (non-hydrogen) atoms. The van der Waals surface area contributed by atoms with Crippen molar-refractivity contribution in [1.29, 1.82) is 0 Å². The Morgan fingerprint density at radius 3 is 2.83 bits per heavy atom. The van der Waals surface area contributed by atoms with E-state index in [1.54, 1.807) is 0 Å². The Labute approximate surface area is 79.6 Å². The molecule has 0 saturated heterocycles. The standard InChI is InChI=1S/C10H8BrN/c1-7-3-2-4-9-8(7)5-6-10(11)12-9/h2-6H,1H3. The van der Waals surface area contributed by atoms with Crippen molar-refractivity contribution in [1.82, 2.24) is 4.98 Å². The van der Waals surface area contributed by atoms with Crippen molar-refractivity contribution in [2.75, 3.05) is 0 Å². The number of hydrogen-bond donors (Lipinski definition) is 0. The highest BCUT2D eigenvalue weighted by molar-refractivity contribution is 9.10. The minimum absolute atomic E-state index is 0.889. The van der Waals surface area contributed by atoms with Gasteiger partial charge in [-0.25, -0.2) is 4.98 Å². The molecule has 1 nitrogen and oxygen atoms in total. The number of nitrogens with zero attached hydrogens (tertiary/aromatic N) is 1. The lowest BCUT2D eigenvalue weighted by molar-refractivity contribution is 1.34. The molecule has 1 aromatic carbocycles. The largest absolute Gasteiger partial charge is 0.241 e. The number of aromatic nitrogens is 1. The smallest absolute Gasteiger partial charge is 0.106 e. The van der Waals surface area contributed by atoms with Crippen LogP contribution in [0.2, 0.25) is 0 Å². The van der Waals surface area contributed by atoms with Crippen molar-refractivity contribution in [3.8, 4) is 0 Å². The second-order valence-corrected chi connectivity index (χ2v) is 3.59. The van der Waals surface area contributed by atoms with E-state index in [0.29, 0.717) is 0 Å². The first-order valence-electron chi connectivity index (χ1n) is 3.79. The van der Waals surface area contributed by atoms with Gasteiger partial charge in [-0.15, -0.1) is 0 Å². The van der Waals surface area contributed by atoms with Crippen molar-refractivity contribution in [3.05, 3.63) is 40.5 Å². The van der Waals surface area contributed by atoms with Crippen LogP contribution in [0.15, 0.2) is 34.9 Å². The molecule has 2 rings (SSSR count). The molecule has 1 heterocycles. The quantitative estimate of drug-likeness (QED) is 0.623. The molecule has 60 valence electrons. The molecule has 0 bridgehead atoms. The van der Waals surface area contributed by atoms with Gasteiger partial charge in [0.1, 0.15) is 4.60 Å². The average Bonchev–Trinajstić information content (AvgIpc) is 2.04. The number of fused-ring (bicyclic) bond motifs is 1. The first kappa shape index (κ1) is 7.74. The van der Waals surface area contributed by atoms with E-state index in [4.69, 9.17) is 0 Å². The van der Waals surface area contributed by atoms with Gasteiger partial charge in [-0.1, -0.05) is 12.1 Å². The Morgan fingerprint density at radius 2 is 2.00 bits per heavy atom. The number of aryl methyl sites for hydroxylation is 1. The number of rotatable bonds is 0. The third-order valence-corrected chi connectivity index (χ3v) is 2.36. The van der Waals surface area contributed by atoms with Gasteiger partial charge in [0.15, 0.2) is 0 Å². The van der Waals surface area contributed by atoms with E-state index in [1.807, 2.05) is 18.2 Å². The number of benzene rings is 1. The van der Waals surface area contributed by atoms with Crippen LogP contribution in [0.3, 0.4) is 0 Å². The molecule has 0 spiro atoms. The van der Waals surface area contributed by atoms with Gasteiger partial charge >= 0.3 is 0 Å². The topological polar surface area (TPSA) is 12.9 Å². The van der Waals surface area contributed by atoms with Gasteiger partial charge in [0.2, 0.25) is 0 Å². The van der Waals surface area contributed by atoms with E-state index in [-0.39, 0.29) is 0 Å². The second kappa shape index (κ2) is 2.87. The normalized spacial score (nSPS) is 10.5. The first-order chi connectivity index (χ1) is 5.77. The van der Waals surface area contributed by atoms with Gasteiger partial charge in [0, 0.05) is 5.39 Å². The summed E-state index contributed by atoms with van der Waals surface area (Å²) >= 11 is 3.35. The van der Waals surface area contributed by atoms with Crippen LogP contribution in [0.25, 0.3) is 10.9 Å². The van der Waals surface area contributed by atoms with Gasteiger partial charge in [-0.3, -0.25) is 0 Å². The van der Waals surface area contributed by atoms with Gasteiger partial charge in [0.05, 0.1) is 5.52 Å². The van der Waals surface area contributed by atoms with Crippen LogP contribution in [-0.2, 0) is 0 Å². The molecular formula is C10H8BrN. The molecule has 0 amide bonds. The fraction of sp³-hybridized carbons (Fsp3) is 0.100. The molecule has 0 N–H and O–H groups in total. The van der Waals surface area contributed by atoms with Crippen molar-refractivity contribution >= 4 is 26.8 Å². The zero-order chi connectivity index (χ0) is 8.55. The summed E-state index contributed by atoms with van der Waals surface area (Å²) in [6, 6.07) is 10.2. The summed E-state index contributed by atoms with van der Waals surface area (Å²) in [5.74, 6) is 0. The molecule has 0 aliphatic carbocycles. The van der Waals surface area contributed by atoms with Gasteiger partial charge < -0.3 is 0 Å². The number of hydrogen-bond acceptors (Lipinski definition) is 1. The van der Waals surface area contributed by atoms with Gasteiger partial charge in [-0.05, 0) is 46.6 Å². The second-order valence-electron chi connectivity index (χ2n) is 2.78. The highest BCUT2D eigenvalue weighted by Crippen LogP contribution is 2.18. The highest BCUT2D eigenvalue weighted by atomic mass is 79.9. The Bertz CT molecular complexity index is 423. The van der Waals surface area contributed by atoms with Crippen molar-refractivity contribution in [3.63, 3.8) is 0 Å². The predicted octanol–water partition coefficient (Wildman–Crippen LogP) is 3.31. The third kappa shape index (κ3) is 1.23. The zero-order valence-corrected chi connectivity index (χ0v) is 8.30. The maximum absolute atomic E-state index is 4.35. The molecule has 2 aromatic rings. The van der Waals surface area contributed by atoms with Gasteiger partial charge in [0.25, 0.3) is 0 Å². The van der Waals surface area contributed by atoms with E-state index in [1.165, 1.54) is 10.9 Å². The van der Waals surface area contributed by atoms with Crippen molar-refractivity contribution < 1.29 is 0 Å². The summed E-state index contributed by atoms with van der Waals surface area (Å²) in [7, 11) is 0. The van der Waals surface area contributed by atoms with E-state index >= 15 is 0 Å². The van der Waals surface area contributed by atoms with Crippen LogP contribution < -0.4 is 0 Å². The predicted molar refractivity (Wildman–Crippen MR) is 54.2 cm³/mol. The minimum Gasteiger partial charge on any atom is -0.241 e. The molecule has 0 aliphatic rings. The molecule has 1 aromatic heterocycles. The van der Waals surface area contributed by atoms with E-state index in [0.717, 1.165) is 10.1 Å². The average molecular weight is 222 g/mol. The Morgan fingerprint density at radius 1 is 1.17 bits per heavy atom. The van der Waals surface area contributed by atoms with Crippen molar-refractivity contribution in [2.45, 2.75) is 6.92 Å². The molecule has 0 radical (unpaired) electrons. The summed E-state index contributed by atoms with van der Waals surface area (Å²) in [5.41, 5.74) is 2.32. The SMILES string of the molecule is Cc1cccc2nc(Br)ccc12. The van der Waals surface area contributed by atoms with E-state index in [2.05, 4.69) is 40.0 Å². The highest BCUT2D eigenvalue weighted by Gasteiger charge is 1.96. The summed E-state index contributed by atoms with van der Waals surface area (Å²) in [6.45, 7) is 2.10. The third-order valence-electron chi connectivity index (χ3n) is 1.92. The van der Waals surface area contributed by atoms with Crippen LogP contribution in [0.5, 0.6) is 0 Å². The summed E-state index contributed by atoms with van der Waals surface area (Å²) < 4.78 is 0.889. The summed E-state index contributed by atoms with van der Waals surface area (Å²) in [5, 5.41) is 1.22. The lowest BCUT2D eigenvalue weighted by Crippen LogP contribution is -1.81. The summed E-state index contributed by atoms with van der Waals surface area (Å²) in [6.07, 6.45) is 0. The Balaban J connectivity index is 2.86. The lowest BCUT2D eigenvalue weighted by atomic mass is 10.1. The molecule has 2 heteroatoms. The molecule has 0 saturated carbocycles. The van der Waals surface area contributed by atoms with Crippen molar-refractivity contribution in [2.24, 2.45) is 0 Å². The molecular weight excluding hydrogens is 214 g/mol. The maximum Gasteiger partial charge on any atom is 0.106 e. The maximum atomic E-state index is 4.35. The number of halogens is 1. The first-order valence-corrected chi connectivity index (χ1v) is 4.58. The lowest BCUT2D eigenvalue weighted by Gasteiger charge is -2.00. The van der Waals surface area contributed by atoms with Gasteiger partial charge in [-0.2, -0.15) is 0 Å². The fourth-order valence-corrected chi connectivity index (χ4v) is 1.61. The van der Waals surface area contributed by atoms with Crippen LogP contribution in [-0.4, -0.2) is 4.98 Å². The Hall–Kier alpha value is -0.890. The Kier molecular flexibility index (Phi) is 1.85. The summed E-state index contributed by atoms with van der Waals surface area (Å²) in [4.78, 5) is 4.35. The number of pyridine rings is 1. The molecule has 0 unspecified atom stereocenters. The fourth-order valence-electron chi connectivity index (χ4n) is 1.28. The van der Waals surface area contributed by atoms with E-state index < -0.39 is 0 Å². The monoisotopic (exact) mass is 221 g/mol. The molecule has 0 fully saturated rings. The van der Waals surface area contributed by atoms with Crippen LogP contribution >= 0.6 is 15.9 Å². The minimum atomic E-state index is 0.889. The molecule has 0 atom stereocenters.